The average Bonchev–Trinajstić information content (AvgIpc) is 2.78. The first-order valence-corrected chi connectivity index (χ1v) is 6.65. The van der Waals surface area contributed by atoms with Gasteiger partial charge in [0.1, 0.15) is 11.6 Å². The van der Waals surface area contributed by atoms with E-state index in [1.54, 1.807) is 31.2 Å². The number of furan rings is 1. The molecule has 1 aromatic carbocycles. The Bertz CT molecular complexity index is 592. The maximum Gasteiger partial charge on any atom is 0.374 e. The summed E-state index contributed by atoms with van der Waals surface area (Å²) in [5.74, 6) is 0.514. The fourth-order valence-electron chi connectivity index (χ4n) is 1.63. The molecule has 0 saturated heterocycles. The summed E-state index contributed by atoms with van der Waals surface area (Å²) in [6.45, 7) is 1.77. The van der Waals surface area contributed by atoms with Crippen molar-refractivity contribution in [1.29, 1.82) is 0 Å². The number of esters is 1. The zero-order valence-electron chi connectivity index (χ0n) is 10.6. The molecule has 2 rings (SSSR count). The average molecular weight is 280 g/mol. The monoisotopic (exact) mass is 280 g/mol. The highest BCUT2D eigenvalue weighted by atomic mass is 32.2. The molecule has 0 fully saturated rings. The third kappa shape index (κ3) is 3.17. The Morgan fingerprint density at radius 2 is 2.16 bits per heavy atom. The SMILES string of the molecule is COC(=O)c1oc(CSc2ccccc2F)cc1C. The van der Waals surface area contributed by atoms with Crippen molar-refractivity contribution >= 4 is 17.7 Å². The highest BCUT2D eigenvalue weighted by Gasteiger charge is 2.16. The molecule has 0 bridgehead atoms. The van der Waals surface area contributed by atoms with E-state index in [-0.39, 0.29) is 11.6 Å². The molecule has 0 unspecified atom stereocenters. The molecule has 0 N–H and O–H groups in total. The first kappa shape index (κ1) is 13.7. The van der Waals surface area contributed by atoms with Crippen LogP contribution in [-0.2, 0) is 10.5 Å². The number of halogens is 1. The Hall–Kier alpha value is -1.75. The quantitative estimate of drug-likeness (QED) is 0.630. The summed E-state index contributed by atoms with van der Waals surface area (Å²) in [5, 5.41) is 0. The van der Waals surface area contributed by atoms with Crippen molar-refractivity contribution in [3.05, 3.63) is 53.2 Å². The minimum atomic E-state index is -0.500. The summed E-state index contributed by atoms with van der Waals surface area (Å²) < 4.78 is 23.5. The minimum Gasteiger partial charge on any atom is -0.463 e. The first-order chi connectivity index (χ1) is 9.11. The van der Waals surface area contributed by atoms with Crippen LogP contribution in [0.15, 0.2) is 39.6 Å². The van der Waals surface area contributed by atoms with E-state index in [0.717, 1.165) is 5.56 Å². The van der Waals surface area contributed by atoms with Gasteiger partial charge in [0.05, 0.1) is 12.9 Å². The summed E-state index contributed by atoms with van der Waals surface area (Å²) in [4.78, 5) is 11.9. The summed E-state index contributed by atoms with van der Waals surface area (Å²) in [5.41, 5.74) is 0.719. The van der Waals surface area contributed by atoms with Gasteiger partial charge in [-0.1, -0.05) is 12.1 Å². The van der Waals surface area contributed by atoms with Crippen LogP contribution in [0.1, 0.15) is 21.9 Å². The lowest BCUT2D eigenvalue weighted by Crippen LogP contribution is -2.00. The number of rotatable bonds is 4. The molecule has 1 aromatic heterocycles. The third-order valence-electron chi connectivity index (χ3n) is 2.55. The molecule has 19 heavy (non-hydrogen) atoms. The maximum absolute atomic E-state index is 13.4. The lowest BCUT2D eigenvalue weighted by molar-refractivity contribution is 0.0562. The molecule has 1 heterocycles. The van der Waals surface area contributed by atoms with Crippen molar-refractivity contribution in [2.75, 3.05) is 7.11 Å². The largest absolute Gasteiger partial charge is 0.463 e. The number of ether oxygens (including phenoxy) is 1. The predicted octanol–water partition coefficient (Wildman–Crippen LogP) is 3.81. The van der Waals surface area contributed by atoms with Crippen LogP contribution in [0.2, 0.25) is 0 Å². The van der Waals surface area contributed by atoms with E-state index < -0.39 is 5.97 Å². The van der Waals surface area contributed by atoms with E-state index in [1.807, 2.05) is 0 Å². The van der Waals surface area contributed by atoms with Crippen LogP contribution in [0.4, 0.5) is 4.39 Å². The van der Waals surface area contributed by atoms with Crippen LogP contribution >= 0.6 is 11.8 Å². The Morgan fingerprint density at radius 1 is 1.42 bits per heavy atom. The van der Waals surface area contributed by atoms with Gasteiger partial charge in [0.2, 0.25) is 5.76 Å². The van der Waals surface area contributed by atoms with Crippen LogP contribution in [0.3, 0.4) is 0 Å². The number of carbonyl (C=O) groups excluding carboxylic acids is 1. The van der Waals surface area contributed by atoms with E-state index in [0.29, 0.717) is 16.4 Å². The Morgan fingerprint density at radius 3 is 2.84 bits per heavy atom. The lowest BCUT2D eigenvalue weighted by Gasteiger charge is -2.00. The number of benzene rings is 1. The highest BCUT2D eigenvalue weighted by molar-refractivity contribution is 7.98. The number of hydrogen-bond donors (Lipinski definition) is 0. The summed E-state index contributed by atoms with van der Waals surface area (Å²) in [7, 11) is 1.30. The molecule has 0 spiro atoms. The van der Waals surface area contributed by atoms with Gasteiger partial charge in [-0.15, -0.1) is 11.8 Å². The van der Waals surface area contributed by atoms with Gasteiger partial charge in [-0.2, -0.15) is 0 Å². The second kappa shape index (κ2) is 5.93. The molecule has 0 aliphatic carbocycles. The standard InChI is InChI=1S/C14H13FO3S/c1-9-7-10(18-13(9)14(16)17-2)8-19-12-6-4-3-5-11(12)15/h3-7H,8H2,1-2H3. The Balaban J connectivity index is 2.09. The van der Waals surface area contributed by atoms with Crippen molar-refractivity contribution < 1.29 is 18.3 Å². The fourth-order valence-corrected chi connectivity index (χ4v) is 2.45. The minimum absolute atomic E-state index is 0.201. The second-order valence-electron chi connectivity index (χ2n) is 3.94. The molecule has 2 aromatic rings. The van der Waals surface area contributed by atoms with E-state index in [1.165, 1.54) is 24.9 Å². The molecule has 0 radical (unpaired) electrons. The molecular formula is C14H13FO3S. The zero-order chi connectivity index (χ0) is 13.8. The molecule has 5 heteroatoms. The van der Waals surface area contributed by atoms with Crippen molar-refractivity contribution in [2.45, 2.75) is 17.6 Å². The Labute approximate surface area is 114 Å². The molecule has 0 aliphatic heterocycles. The lowest BCUT2D eigenvalue weighted by atomic mass is 10.3. The first-order valence-electron chi connectivity index (χ1n) is 5.66. The van der Waals surface area contributed by atoms with Crippen LogP contribution in [0.25, 0.3) is 0 Å². The van der Waals surface area contributed by atoms with Crippen LogP contribution in [0, 0.1) is 12.7 Å². The molecular weight excluding hydrogens is 267 g/mol. The molecule has 0 amide bonds. The van der Waals surface area contributed by atoms with Crippen LogP contribution in [-0.4, -0.2) is 13.1 Å². The van der Waals surface area contributed by atoms with Gasteiger partial charge in [-0.05, 0) is 25.1 Å². The van der Waals surface area contributed by atoms with E-state index >= 15 is 0 Å². The number of thioether (sulfide) groups is 1. The fraction of sp³-hybridized carbons (Fsp3) is 0.214. The highest BCUT2D eigenvalue weighted by Crippen LogP contribution is 2.27. The summed E-state index contributed by atoms with van der Waals surface area (Å²) in [6, 6.07) is 8.30. The molecule has 0 atom stereocenters. The number of methoxy groups -OCH3 is 1. The van der Waals surface area contributed by atoms with Crippen molar-refractivity contribution in [2.24, 2.45) is 0 Å². The van der Waals surface area contributed by atoms with Crippen LogP contribution in [0.5, 0.6) is 0 Å². The van der Waals surface area contributed by atoms with Crippen LogP contribution < -0.4 is 0 Å². The van der Waals surface area contributed by atoms with Gasteiger partial charge in [0.15, 0.2) is 0 Å². The van der Waals surface area contributed by atoms with Gasteiger partial charge in [-0.3, -0.25) is 0 Å². The van der Waals surface area contributed by atoms with E-state index in [2.05, 4.69) is 4.74 Å². The van der Waals surface area contributed by atoms with Crippen molar-refractivity contribution in [1.82, 2.24) is 0 Å². The molecule has 3 nitrogen and oxygen atoms in total. The van der Waals surface area contributed by atoms with Gasteiger partial charge >= 0.3 is 5.97 Å². The number of hydrogen-bond acceptors (Lipinski definition) is 4. The summed E-state index contributed by atoms with van der Waals surface area (Å²) >= 11 is 1.32. The van der Waals surface area contributed by atoms with Crippen molar-refractivity contribution in [3.8, 4) is 0 Å². The Kier molecular flexibility index (Phi) is 4.27. The van der Waals surface area contributed by atoms with Gasteiger partial charge in [0.25, 0.3) is 0 Å². The maximum atomic E-state index is 13.4. The van der Waals surface area contributed by atoms with Gasteiger partial charge in [-0.25, -0.2) is 9.18 Å². The summed E-state index contributed by atoms with van der Waals surface area (Å²) in [6.07, 6.45) is 0. The second-order valence-corrected chi connectivity index (χ2v) is 4.95. The predicted molar refractivity (Wildman–Crippen MR) is 70.7 cm³/mol. The van der Waals surface area contributed by atoms with Gasteiger partial charge < -0.3 is 9.15 Å². The zero-order valence-corrected chi connectivity index (χ0v) is 11.4. The number of carbonyl (C=O) groups is 1. The van der Waals surface area contributed by atoms with E-state index in [4.69, 9.17) is 4.42 Å². The third-order valence-corrected chi connectivity index (χ3v) is 3.62. The van der Waals surface area contributed by atoms with Crippen molar-refractivity contribution in [3.63, 3.8) is 0 Å². The van der Waals surface area contributed by atoms with Gasteiger partial charge in [0, 0.05) is 10.5 Å². The molecule has 0 aliphatic rings. The molecule has 0 saturated carbocycles. The number of aryl methyl sites for hydroxylation is 1. The normalized spacial score (nSPS) is 10.5. The molecule has 100 valence electrons. The smallest absolute Gasteiger partial charge is 0.374 e. The topological polar surface area (TPSA) is 39.4 Å². The van der Waals surface area contributed by atoms with E-state index in [9.17, 15) is 9.18 Å².